The molecule has 1 saturated heterocycles. The van der Waals surface area contributed by atoms with Crippen LogP contribution in [0.1, 0.15) is 19.3 Å². The van der Waals surface area contributed by atoms with Crippen molar-refractivity contribution in [2.24, 2.45) is 11.8 Å². The highest BCUT2D eigenvalue weighted by Crippen LogP contribution is 2.39. The number of fused-ring (bicyclic) bond motifs is 1. The molecule has 0 unspecified atom stereocenters. The van der Waals surface area contributed by atoms with Crippen LogP contribution < -0.4 is 0 Å². The largest absolute Gasteiger partial charge is 0.462 e. The van der Waals surface area contributed by atoms with Crippen LogP contribution in [0.4, 0.5) is 0 Å². The van der Waals surface area contributed by atoms with Crippen molar-refractivity contribution in [3.63, 3.8) is 0 Å². The second-order valence-corrected chi connectivity index (χ2v) is 3.42. The fraction of sp³-hybridized carbons (Fsp3) is 0.667. The van der Waals surface area contributed by atoms with Gasteiger partial charge in [-0.25, -0.2) is 4.79 Å². The first-order chi connectivity index (χ1) is 5.29. The molecule has 0 aromatic rings. The van der Waals surface area contributed by atoms with E-state index in [-0.39, 0.29) is 5.97 Å². The van der Waals surface area contributed by atoms with E-state index in [9.17, 15) is 4.79 Å². The molecule has 0 amide bonds. The van der Waals surface area contributed by atoms with Crippen LogP contribution in [-0.2, 0) is 9.53 Å². The molecule has 0 radical (unpaired) electrons. The third kappa shape index (κ3) is 0.971. The van der Waals surface area contributed by atoms with E-state index in [1.807, 2.05) is 0 Å². The number of esters is 1. The summed E-state index contributed by atoms with van der Waals surface area (Å²) in [7, 11) is 0. The topological polar surface area (TPSA) is 26.3 Å². The van der Waals surface area contributed by atoms with Gasteiger partial charge in [-0.1, -0.05) is 13.0 Å². The van der Waals surface area contributed by atoms with Gasteiger partial charge in [0.05, 0.1) is 6.61 Å². The highest BCUT2D eigenvalue weighted by atomic mass is 16.5. The van der Waals surface area contributed by atoms with Gasteiger partial charge in [-0.3, -0.25) is 0 Å². The third-order valence-corrected chi connectivity index (χ3v) is 2.80. The number of ether oxygens (including phenoxy) is 1. The van der Waals surface area contributed by atoms with Gasteiger partial charge >= 0.3 is 5.97 Å². The van der Waals surface area contributed by atoms with Crippen molar-refractivity contribution in [2.45, 2.75) is 19.3 Å². The summed E-state index contributed by atoms with van der Waals surface area (Å²) in [5.74, 6) is 0.851. The standard InChI is InChI=1S/C9H12O2/c1-6-8-4-2-3-7(8)5-11-9(6)10/h7-8H,1-5H2/t7-,8+/m0/s1. The molecular formula is C9H12O2. The molecule has 2 fully saturated rings. The summed E-state index contributed by atoms with van der Waals surface area (Å²) in [6.45, 7) is 4.39. The summed E-state index contributed by atoms with van der Waals surface area (Å²) in [6.07, 6.45) is 3.57. The monoisotopic (exact) mass is 152 g/mol. The van der Waals surface area contributed by atoms with Crippen LogP contribution in [0.5, 0.6) is 0 Å². The minimum Gasteiger partial charge on any atom is -0.462 e. The van der Waals surface area contributed by atoms with Crippen molar-refractivity contribution in [1.29, 1.82) is 0 Å². The van der Waals surface area contributed by atoms with E-state index in [0.717, 1.165) is 6.42 Å². The van der Waals surface area contributed by atoms with Crippen LogP contribution in [0.15, 0.2) is 12.2 Å². The van der Waals surface area contributed by atoms with Crippen molar-refractivity contribution < 1.29 is 9.53 Å². The first-order valence-corrected chi connectivity index (χ1v) is 4.15. The molecule has 1 aliphatic carbocycles. The average Bonchev–Trinajstić information content (AvgIpc) is 2.45. The second kappa shape index (κ2) is 2.36. The van der Waals surface area contributed by atoms with Gasteiger partial charge in [0, 0.05) is 11.5 Å². The van der Waals surface area contributed by atoms with E-state index in [0.29, 0.717) is 24.0 Å². The van der Waals surface area contributed by atoms with E-state index in [1.165, 1.54) is 12.8 Å². The van der Waals surface area contributed by atoms with Crippen molar-refractivity contribution >= 4 is 5.97 Å². The molecule has 0 spiro atoms. The maximum Gasteiger partial charge on any atom is 0.333 e. The Morgan fingerprint density at radius 1 is 1.45 bits per heavy atom. The van der Waals surface area contributed by atoms with Crippen molar-refractivity contribution in [3.05, 3.63) is 12.2 Å². The second-order valence-electron chi connectivity index (χ2n) is 3.42. The highest BCUT2D eigenvalue weighted by molar-refractivity contribution is 5.89. The Balaban J connectivity index is 2.18. The molecular weight excluding hydrogens is 140 g/mol. The van der Waals surface area contributed by atoms with Gasteiger partial charge in [0.15, 0.2) is 0 Å². The minimum atomic E-state index is -0.173. The molecule has 1 saturated carbocycles. The Morgan fingerprint density at radius 2 is 2.27 bits per heavy atom. The number of rotatable bonds is 0. The minimum absolute atomic E-state index is 0.173. The Hall–Kier alpha value is -0.790. The van der Waals surface area contributed by atoms with Crippen LogP contribution in [0.3, 0.4) is 0 Å². The van der Waals surface area contributed by atoms with Crippen LogP contribution in [0.2, 0.25) is 0 Å². The Kier molecular flexibility index (Phi) is 1.48. The van der Waals surface area contributed by atoms with E-state index in [2.05, 4.69) is 6.58 Å². The average molecular weight is 152 g/mol. The van der Waals surface area contributed by atoms with Gasteiger partial charge < -0.3 is 4.74 Å². The lowest BCUT2D eigenvalue weighted by Gasteiger charge is -2.26. The van der Waals surface area contributed by atoms with Gasteiger partial charge in [-0.15, -0.1) is 0 Å². The Labute approximate surface area is 66.2 Å². The van der Waals surface area contributed by atoms with Crippen LogP contribution in [0.25, 0.3) is 0 Å². The van der Waals surface area contributed by atoms with E-state index >= 15 is 0 Å². The van der Waals surface area contributed by atoms with Crippen molar-refractivity contribution in [3.8, 4) is 0 Å². The van der Waals surface area contributed by atoms with Crippen LogP contribution in [0, 0.1) is 11.8 Å². The number of carbonyl (C=O) groups excluding carboxylic acids is 1. The van der Waals surface area contributed by atoms with Gasteiger partial charge in [0.1, 0.15) is 0 Å². The summed E-state index contributed by atoms with van der Waals surface area (Å²) >= 11 is 0. The molecule has 0 aromatic carbocycles. The lowest BCUT2D eigenvalue weighted by atomic mass is 9.88. The predicted molar refractivity (Wildman–Crippen MR) is 40.9 cm³/mol. The zero-order valence-electron chi connectivity index (χ0n) is 6.51. The quantitative estimate of drug-likeness (QED) is 0.388. The molecule has 11 heavy (non-hydrogen) atoms. The molecule has 1 heterocycles. The molecule has 1 aliphatic heterocycles. The first-order valence-electron chi connectivity index (χ1n) is 4.15. The molecule has 2 atom stereocenters. The van der Waals surface area contributed by atoms with Crippen LogP contribution >= 0.6 is 0 Å². The van der Waals surface area contributed by atoms with Gasteiger partial charge in [-0.05, 0) is 18.8 Å². The molecule has 60 valence electrons. The molecule has 2 aliphatic rings. The van der Waals surface area contributed by atoms with E-state index in [1.54, 1.807) is 0 Å². The number of carbonyl (C=O) groups is 1. The summed E-state index contributed by atoms with van der Waals surface area (Å²) < 4.78 is 4.97. The number of cyclic esters (lactones) is 1. The number of hydrogen-bond donors (Lipinski definition) is 0. The molecule has 2 nitrogen and oxygen atoms in total. The third-order valence-electron chi connectivity index (χ3n) is 2.80. The SMILES string of the molecule is C=C1C(=O)OC[C@@H]2CCC[C@H]12. The lowest BCUT2D eigenvalue weighted by molar-refractivity contribution is -0.144. The van der Waals surface area contributed by atoms with Crippen molar-refractivity contribution in [1.82, 2.24) is 0 Å². The summed E-state index contributed by atoms with van der Waals surface area (Å²) in [4.78, 5) is 11.0. The maximum absolute atomic E-state index is 11.0. The normalized spacial score (nSPS) is 36.7. The van der Waals surface area contributed by atoms with Gasteiger partial charge in [0.2, 0.25) is 0 Å². The summed E-state index contributed by atoms with van der Waals surface area (Å²) in [6, 6.07) is 0. The fourth-order valence-electron chi connectivity index (χ4n) is 2.12. The van der Waals surface area contributed by atoms with E-state index < -0.39 is 0 Å². The summed E-state index contributed by atoms with van der Waals surface area (Å²) in [5, 5.41) is 0. The zero-order valence-corrected chi connectivity index (χ0v) is 6.51. The molecule has 2 heteroatoms. The maximum atomic E-state index is 11.0. The number of hydrogen-bond acceptors (Lipinski definition) is 2. The molecule has 0 bridgehead atoms. The first kappa shape index (κ1) is 6.89. The smallest absolute Gasteiger partial charge is 0.333 e. The highest BCUT2D eigenvalue weighted by Gasteiger charge is 2.37. The lowest BCUT2D eigenvalue weighted by Crippen LogP contribution is -2.29. The Bertz CT molecular complexity index is 208. The predicted octanol–water partition coefficient (Wildman–Crippen LogP) is 1.52. The molecule has 0 aromatic heterocycles. The van der Waals surface area contributed by atoms with Gasteiger partial charge in [-0.2, -0.15) is 0 Å². The molecule has 0 N–H and O–H groups in total. The zero-order chi connectivity index (χ0) is 7.84. The van der Waals surface area contributed by atoms with E-state index in [4.69, 9.17) is 4.74 Å². The van der Waals surface area contributed by atoms with Gasteiger partial charge in [0.25, 0.3) is 0 Å². The Morgan fingerprint density at radius 3 is 3.09 bits per heavy atom. The molecule has 2 rings (SSSR count). The van der Waals surface area contributed by atoms with Crippen molar-refractivity contribution in [2.75, 3.05) is 6.61 Å². The van der Waals surface area contributed by atoms with Crippen LogP contribution in [-0.4, -0.2) is 12.6 Å². The summed E-state index contributed by atoms with van der Waals surface area (Å²) in [5.41, 5.74) is 0.707. The fourth-order valence-corrected chi connectivity index (χ4v) is 2.12.